The van der Waals surface area contributed by atoms with E-state index in [1.807, 2.05) is 32.0 Å². The number of carboxylic acids is 1. The van der Waals surface area contributed by atoms with Gasteiger partial charge < -0.3 is 5.11 Å². The third kappa shape index (κ3) is 2.92. The predicted octanol–water partition coefficient (Wildman–Crippen LogP) is 2.43. The lowest BCUT2D eigenvalue weighted by Gasteiger charge is -2.36. The van der Waals surface area contributed by atoms with E-state index < -0.39 is 11.5 Å². The van der Waals surface area contributed by atoms with E-state index in [0.29, 0.717) is 5.69 Å². The van der Waals surface area contributed by atoms with Crippen molar-refractivity contribution in [2.75, 3.05) is 10.7 Å². The van der Waals surface area contributed by atoms with Crippen molar-refractivity contribution < 1.29 is 14.7 Å². The summed E-state index contributed by atoms with van der Waals surface area (Å²) in [5, 5.41) is 9.38. The van der Waals surface area contributed by atoms with Crippen LogP contribution in [0.15, 0.2) is 18.2 Å². The molecule has 0 aliphatic carbocycles. The largest absolute Gasteiger partial charge is 0.480 e. The number of carbonyl (C=O) groups is 2. The molecule has 1 N–H and O–H groups in total. The van der Waals surface area contributed by atoms with Gasteiger partial charge in [-0.2, -0.15) is 12.6 Å². The van der Waals surface area contributed by atoms with E-state index in [4.69, 9.17) is 0 Å². The van der Waals surface area contributed by atoms with Crippen LogP contribution in [-0.4, -0.2) is 28.3 Å². The number of thiol groups is 1. The molecule has 0 saturated carbocycles. The van der Waals surface area contributed by atoms with Crippen LogP contribution in [0.3, 0.4) is 0 Å². The number of carboxylic acid groups (broad SMARTS) is 1. The number of benzene rings is 1. The summed E-state index contributed by atoms with van der Waals surface area (Å²) in [7, 11) is 0. The lowest BCUT2D eigenvalue weighted by molar-refractivity contribution is -0.143. The fourth-order valence-electron chi connectivity index (χ4n) is 2.04. The second-order valence-electron chi connectivity index (χ2n) is 4.99. The van der Waals surface area contributed by atoms with Gasteiger partial charge in [0.1, 0.15) is 5.54 Å². The molecule has 0 aliphatic heterocycles. The molecule has 0 bridgehead atoms. The molecule has 5 heteroatoms. The number of rotatable bonds is 4. The monoisotopic (exact) mass is 281 g/mol. The van der Waals surface area contributed by atoms with Crippen molar-refractivity contribution in [3.63, 3.8) is 0 Å². The summed E-state index contributed by atoms with van der Waals surface area (Å²) in [4.78, 5) is 24.9. The quantitative estimate of drug-likeness (QED) is 0.833. The second-order valence-corrected chi connectivity index (χ2v) is 5.31. The van der Waals surface area contributed by atoms with E-state index in [-0.39, 0.29) is 11.7 Å². The molecule has 0 aliphatic rings. The molecule has 19 heavy (non-hydrogen) atoms. The molecule has 0 saturated heterocycles. The molecule has 0 spiro atoms. The zero-order chi connectivity index (χ0) is 14.8. The zero-order valence-electron chi connectivity index (χ0n) is 11.6. The lowest BCUT2D eigenvalue weighted by atomic mass is 9.98. The molecule has 1 amide bonds. The highest BCUT2D eigenvalue weighted by Crippen LogP contribution is 2.31. The summed E-state index contributed by atoms with van der Waals surface area (Å²) < 4.78 is 0. The average molecular weight is 281 g/mol. The Morgan fingerprint density at radius 1 is 1.26 bits per heavy atom. The molecule has 0 unspecified atom stereocenters. The van der Waals surface area contributed by atoms with E-state index in [1.54, 1.807) is 0 Å². The molecular formula is C14H19NO3S. The Hall–Kier alpha value is -1.49. The number of hydrogen-bond acceptors (Lipinski definition) is 3. The highest BCUT2D eigenvalue weighted by atomic mass is 32.1. The van der Waals surface area contributed by atoms with Crippen molar-refractivity contribution in [1.82, 2.24) is 0 Å². The van der Waals surface area contributed by atoms with Gasteiger partial charge in [0.2, 0.25) is 5.91 Å². The van der Waals surface area contributed by atoms with Crippen LogP contribution in [0, 0.1) is 13.8 Å². The highest BCUT2D eigenvalue weighted by Gasteiger charge is 2.39. The number of aliphatic carboxylic acids is 1. The molecule has 1 aromatic carbocycles. The van der Waals surface area contributed by atoms with Crippen molar-refractivity contribution in [3.8, 4) is 0 Å². The van der Waals surface area contributed by atoms with Gasteiger partial charge in [-0.25, -0.2) is 4.79 Å². The van der Waals surface area contributed by atoms with Gasteiger partial charge in [0.25, 0.3) is 0 Å². The minimum absolute atomic E-state index is 0.0372. The number of amides is 1. The van der Waals surface area contributed by atoms with Crippen molar-refractivity contribution in [1.29, 1.82) is 0 Å². The van der Waals surface area contributed by atoms with Crippen LogP contribution in [0.25, 0.3) is 0 Å². The first-order chi connectivity index (χ1) is 8.73. The van der Waals surface area contributed by atoms with Gasteiger partial charge in [0.15, 0.2) is 0 Å². The van der Waals surface area contributed by atoms with Crippen molar-refractivity contribution in [2.45, 2.75) is 33.2 Å². The lowest BCUT2D eigenvalue weighted by Crippen LogP contribution is -2.54. The first-order valence-electron chi connectivity index (χ1n) is 5.97. The fourth-order valence-corrected chi connectivity index (χ4v) is 2.18. The summed E-state index contributed by atoms with van der Waals surface area (Å²) in [6.45, 7) is 6.75. The SMILES string of the molecule is Cc1cccc(C)c1N(C(=O)CS)C(C)(C)C(=O)O. The Labute approximate surface area is 118 Å². The van der Waals surface area contributed by atoms with Crippen LogP contribution in [-0.2, 0) is 9.59 Å². The van der Waals surface area contributed by atoms with Crippen LogP contribution in [0.4, 0.5) is 5.69 Å². The Bertz CT molecular complexity index is 491. The number of hydrogen-bond donors (Lipinski definition) is 2. The highest BCUT2D eigenvalue weighted by molar-refractivity contribution is 7.81. The number of carbonyl (C=O) groups excluding carboxylic acids is 1. The molecule has 0 radical (unpaired) electrons. The van der Waals surface area contributed by atoms with Gasteiger partial charge in [-0.1, -0.05) is 18.2 Å². The molecule has 1 rings (SSSR count). The number of aryl methyl sites for hydroxylation is 2. The predicted molar refractivity (Wildman–Crippen MR) is 79.0 cm³/mol. The second kappa shape index (κ2) is 5.65. The van der Waals surface area contributed by atoms with Crippen LogP contribution in [0.2, 0.25) is 0 Å². The Balaban J connectivity index is 3.50. The number of para-hydroxylation sites is 1. The smallest absolute Gasteiger partial charge is 0.329 e. The molecular weight excluding hydrogens is 262 g/mol. The minimum Gasteiger partial charge on any atom is -0.480 e. The number of anilines is 1. The third-order valence-corrected chi connectivity index (χ3v) is 3.40. The van der Waals surface area contributed by atoms with Gasteiger partial charge in [-0.05, 0) is 38.8 Å². The molecule has 0 fully saturated rings. The van der Waals surface area contributed by atoms with E-state index >= 15 is 0 Å². The molecule has 104 valence electrons. The van der Waals surface area contributed by atoms with Gasteiger partial charge in [-0.3, -0.25) is 9.69 Å². The van der Waals surface area contributed by atoms with Gasteiger partial charge >= 0.3 is 5.97 Å². The van der Waals surface area contributed by atoms with Crippen molar-refractivity contribution >= 4 is 30.2 Å². The fraction of sp³-hybridized carbons (Fsp3) is 0.429. The van der Waals surface area contributed by atoms with Crippen LogP contribution in [0.5, 0.6) is 0 Å². The van der Waals surface area contributed by atoms with E-state index in [9.17, 15) is 14.7 Å². The zero-order valence-corrected chi connectivity index (χ0v) is 12.5. The molecule has 0 aromatic heterocycles. The van der Waals surface area contributed by atoms with Gasteiger partial charge in [0.05, 0.1) is 11.4 Å². The van der Waals surface area contributed by atoms with Gasteiger partial charge in [0, 0.05) is 0 Å². The molecule has 0 heterocycles. The summed E-state index contributed by atoms with van der Waals surface area (Å²) in [5.74, 6) is -1.41. The standard InChI is InChI=1S/C14H19NO3S/c1-9-6-5-7-10(2)12(9)15(11(16)8-19)14(3,4)13(17)18/h5-7,19H,8H2,1-4H3,(H,17,18). The van der Waals surface area contributed by atoms with Gasteiger partial charge in [-0.15, -0.1) is 0 Å². The van der Waals surface area contributed by atoms with E-state index in [2.05, 4.69) is 12.6 Å². The van der Waals surface area contributed by atoms with E-state index in [1.165, 1.54) is 18.7 Å². The van der Waals surface area contributed by atoms with Crippen LogP contribution >= 0.6 is 12.6 Å². The first kappa shape index (κ1) is 15.6. The first-order valence-corrected chi connectivity index (χ1v) is 6.60. The van der Waals surface area contributed by atoms with Crippen LogP contribution < -0.4 is 4.90 Å². The molecule has 4 nitrogen and oxygen atoms in total. The normalized spacial score (nSPS) is 11.2. The maximum atomic E-state index is 12.2. The summed E-state index contributed by atoms with van der Waals surface area (Å²) in [5.41, 5.74) is 1.05. The van der Waals surface area contributed by atoms with Crippen LogP contribution in [0.1, 0.15) is 25.0 Å². The van der Waals surface area contributed by atoms with Crippen molar-refractivity contribution in [3.05, 3.63) is 29.3 Å². The third-order valence-electron chi connectivity index (χ3n) is 3.13. The minimum atomic E-state index is -1.32. The maximum Gasteiger partial charge on any atom is 0.329 e. The average Bonchev–Trinajstić information content (AvgIpc) is 2.32. The Kier molecular flexibility index (Phi) is 4.63. The summed E-state index contributed by atoms with van der Waals surface area (Å²) in [6.07, 6.45) is 0. The Morgan fingerprint density at radius 3 is 2.11 bits per heavy atom. The summed E-state index contributed by atoms with van der Waals surface area (Å²) in [6, 6.07) is 5.60. The maximum absolute atomic E-state index is 12.2. The van der Waals surface area contributed by atoms with E-state index in [0.717, 1.165) is 11.1 Å². The molecule has 1 aromatic rings. The van der Waals surface area contributed by atoms with Crippen molar-refractivity contribution in [2.24, 2.45) is 0 Å². The topological polar surface area (TPSA) is 57.6 Å². The Morgan fingerprint density at radius 2 is 1.74 bits per heavy atom. The summed E-state index contributed by atoms with van der Waals surface area (Å²) >= 11 is 3.99. The molecule has 0 atom stereocenters. The number of nitrogens with zero attached hydrogens (tertiary/aromatic N) is 1.